The van der Waals surface area contributed by atoms with Crippen LogP contribution in [0.25, 0.3) is 0 Å². The van der Waals surface area contributed by atoms with E-state index in [4.69, 9.17) is 0 Å². The van der Waals surface area contributed by atoms with Gasteiger partial charge in [0, 0.05) is 25.2 Å². The van der Waals surface area contributed by atoms with Crippen molar-refractivity contribution in [3.05, 3.63) is 70.8 Å². The summed E-state index contributed by atoms with van der Waals surface area (Å²) in [6, 6.07) is 18.7. The molecule has 0 amide bonds. The Morgan fingerprint density at radius 1 is 0.731 bits per heavy atom. The molecule has 0 bridgehead atoms. The van der Waals surface area contributed by atoms with Gasteiger partial charge in [-0.3, -0.25) is 0 Å². The van der Waals surface area contributed by atoms with Crippen LogP contribution >= 0.6 is 24.8 Å². The maximum atomic E-state index is 3.81. The molecule has 1 aliphatic carbocycles. The molecule has 1 fully saturated rings. The van der Waals surface area contributed by atoms with Gasteiger partial charge in [-0.1, -0.05) is 61.4 Å². The van der Waals surface area contributed by atoms with Gasteiger partial charge < -0.3 is 10.6 Å². The Hall–Kier alpha value is -1.06. The van der Waals surface area contributed by atoms with Crippen LogP contribution in [0.1, 0.15) is 47.9 Å². The Labute approximate surface area is 171 Å². The van der Waals surface area contributed by atoms with E-state index in [1.807, 2.05) is 0 Å². The first-order chi connectivity index (χ1) is 11.7. The van der Waals surface area contributed by atoms with Crippen molar-refractivity contribution < 1.29 is 0 Å². The molecule has 0 aliphatic heterocycles. The average Bonchev–Trinajstić information content (AvgIpc) is 2.62. The van der Waals surface area contributed by atoms with Crippen molar-refractivity contribution in [3.8, 4) is 0 Å². The number of nitrogens with one attached hydrogen (secondary N) is 2. The number of hydrogen-bond acceptors (Lipinski definition) is 2. The third-order valence-corrected chi connectivity index (χ3v) is 5.32. The molecule has 1 saturated carbocycles. The highest BCUT2D eigenvalue weighted by Crippen LogP contribution is 2.20. The van der Waals surface area contributed by atoms with Crippen molar-refractivity contribution in [2.75, 3.05) is 0 Å². The fraction of sp³-hybridized carbons (Fsp3) is 0.455. The van der Waals surface area contributed by atoms with Gasteiger partial charge in [-0.15, -0.1) is 24.8 Å². The first-order valence-electron chi connectivity index (χ1n) is 9.29. The smallest absolute Gasteiger partial charge is 0.0224 e. The normalized spacial score (nSPS) is 19.3. The van der Waals surface area contributed by atoms with Crippen LogP contribution in [0.4, 0.5) is 0 Å². The lowest BCUT2D eigenvalue weighted by molar-refractivity contribution is 0.281. The summed E-state index contributed by atoms with van der Waals surface area (Å²) in [5, 5.41) is 7.59. The summed E-state index contributed by atoms with van der Waals surface area (Å²) in [7, 11) is 0. The van der Waals surface area contributed by atoms with Crippen molar-refractivity contribution in [2.24, 2.45) is 0 Å². The zero-order valence-electron chi connectivity index (χ0n) is 15.8. The van der Waals surface area contributed by atoms with Crippen LogP contribution < -0.4 is 10.6 Å². The quantitative estimate of drug-likeness (QED) is 0.690. The van der Waals surface area contributed by atoms with Crippen LogP contribution in [0.15, 0.2) is 48.5 Å². The molecule has 3 rings (SSSR count). The van der Waals surface area contributed by atoms with Gasteiger partial charge in [0.15, 0.2) is 0 Å². The molecule has 1 aliphatic rings. The van der Waals surface area contributed by atoms with Crippen molar-refractivity contribution in [1.82, 2.24) is 10.6 Å². The van der Waals surface area contributed by atoms with Crippen molar-refractivity contribution in [2.45, 2.75) is 64.7 Å². The second kappa shape index (κ2) is 11.6. The summed E-state index contributed by atoms with van der Waals surface area (Å²) < 4.78 is 0. The van der Waals surface area contributed by atoms with Gasteiger partial charge in [0.25, 0.3) is 0 Å². The number of rotatable bonds is 6. The fourth-order valence-electron chi connectivity index (χ4n) is 3.63. The first kappa shape index (κ1) is 23.0. The second-order valence-electron chi connectivity index (χ2n) is 7.16. The maximum absolute atomic E-state index is 3.81. The average molecular weight is 395 g/mol. The van der Waals surface area contributed by atoms with E-state index in [9.17, 15) is 0 Å². The SMILES string of the molecule is Cc1ccc(CNC2CCCCC2NCc2ccccc2)cc1C.Cl.Cl. The Bertz CT molecular complexity index is 646. The summed E-state index contributed by atoms with van der Waals surface area (Å²) >= 11 is 0. The minimum absolute atomic E-state index is 0. The third kappa shape index (κ3) is 6.59. The maximum Gasteiger partial charge on any atom is 0.0224 e. The largest absolute Gasteiger partial charge is 0.308 e. The summed E-state index contributed by atoms with van der Waals surface area (Å²) in [5.74, 6) is 0. The van der Waals surface area contributed by atoms with E-state index in [-0.39, 0.29) is 24.8 Å². The Balaban J connectivity index is 0.00000169. The monoisotopic (exact) mass is 394 g/mol. The fourth-order valence-corrected chi connectivity index (χ4v) is 3.63. The molecule has 2 aromatic rings. The van der Waals surface area contributed by atoms with Gasteiger partial charge in [-0.05, 0) is 48.9 Å². The van der Waals surface area contributed by atoms with Crippen LogP contribution in [-0.2, 0) is 13.1 Å². The van der Waals surface area contributed by atoms with E-state index in [0.29, 0.717) is 12.1 Å². The van der Waals surface area contributed by atoms with Crippen LogP contribution in [0.2, 0.25) is 0 Å². The number of benzene rings is 2. The molecular weight excluding hydrogens is 363 g/mol. The van der Waals surface area contributed by atoms with Crippen LogP contribution in [0.3, 0.4) is 0 Å². The van der Waals surface area contributed by atoms with Gasteiger partial charge in [-0.2, -0.15) is 0 Å². The predicted molar refractivity (Wildman–Crippen MR) is 117 cm³/mol. The van der Waals surface area contributed by atoms with Crippen molar-refractivity contribution >= 4 is 24.8 Å². The Kier molecular flexibility index (Phi) is 10.3. The molecule has 2 atom stereocenters. The van der Waals surface area contributed by atoms with Gasteiger partial charge in [0.1, 0.15) is 0 Å². The highest BCUT2D eigenvalue weighted by Gasteiger charge is 2.24. The molecule has 2 unspecified atom stereocenters. The summed E-state index contributed by atoms with van der Waals surface area (Å²) in [4.78, 5) is 0. The lowest BCUT2D eigenvalue weighted by atomic mass is 9.90. The van der Waals surface area contributed by atoms with Gasteiger partial charge in [0.2, 0.25) is 0 Å². The second-order valence-corrected chi connectivity index (χ2v) is 7.16. The van der Waals surface area contributed by atoms with Crippen molar-refractivity contribution in [3.63, 3.8) is 0 Å². The predicted octanol–water partition coefficient (Wildman–Crippen LogP) is 5.34. The number of halogens is 2. The lowest BCUT2D eigenvalue weighted by Crippen LogP contribution is -2.49. The Morgan fingerprint density at radius 2 is 1.31 bits per heavy atom. The molecule has 0 spiro atoms. The van der Waals surface area contributed by atoms with E-state index in [2.05, 4.69) is 73.0 Å². The first-order valence-corrected chi connectivity index (χ1v) is 9.29. The van der Waals surface area contributed by atoms with Gasteiger partial charge in [0.05, 0.1) is 0 Å². The molecule has 26 heavy (non-hydrogen) atoms. The molecule has 2 N–H and O–H groups in total. The molecule has 0 aromatic heterocycles. The van der Waals surface area contributed by atoms with Crippen LogP contribution in [-0.4, -0.2) is 12.1 Å². The van der Waals surface area contributed by atoms with E-state index < -0.39 is 0 Å². The van der Waals surface area contributed by atoms with E-state index in [0.717, 1.165) is 13.1 Å². The molecule has 0 radical (unpaired) electrons. The molecule has 2 aromatic carbocycles. The summed E-state index contributed by atoms with van der Waals surface area (Å²) in [6.07, 6.45) is 5.23. The van der Waals surface area contributed by atoms with Gasteiger partial charge >= 0.3 is 0 Å². The van der Waals surface area contributed by atoms with Crippen LogP contribution in [0, 0.1) is 13.8 Å². The van der Waals surface area contributed by atoms with E-state index in [1.165, 1.54) is 47.9 Å². The van der Waals surface area contributed by atoms with Crippen LogP contribution in [0.5, 0.6) is 0 Å². The van der Waals surface area contributed by atoms with Crippen molar-refractivity contribution in [1.29, 1.82) is 0 Å². The van der Waals surface area contributed by atoms with Gasteiger partial charge in [-0.25, -0.2) is 0 Å². The number of aryl methyl sites for hydroxylation is 2. The molecule has 0 saturated heterocycles. The molecular formula is C22H32Cl2N2. The zero-order valence-corrected chi connectivity index (χ0v) is 17.5. The molecule has 144 valence electrons. The summed E-state index contributed by atoms with van der Waals surface area (Å²) in [5.41, 5.74) is 5.52. The molecule has 0 heterocycles. The highest BCUT2D eigenvalue weighted by atomic mass is 35.5. The summed E-state index contributed by atoms with van der Waals surface area (Å²) in [6.45, 7) is 6.31. The minimum Gasteiger partial charge on any atom is -0.308 e. The number of hydrogen-bond donors (Lipinski definition) is 2. The highest BCUT2D eigenvalue weighted by molar-refractivity contribution is 5.85. The zero-order chi connectivity index (χ0) is 16.8. The molecule has 2 nitrogen and oxygen atoms in total. The van der Waals surface area contributed by atoms with E-state index in [1.54, 1.807) is 0 Å². The topological polar surface area (TPSA) is 24.1 Å². The lowest BCUT2D eigenvalue weighted by Gasteiger charge is -2.33. The standard InChI is InChI=1S/C22H30N2.2ClH/c1-17-12-13-20(14-18(17)2)16-24-22-11-7-6-10-21(22)23-15-19-8-4-3-5-9-19;;/h3-5,8-9,12-14,21-24H,6-7,10-11,15-16H2,1-2H3;2*1H. The third-order valence-electron chi connectivity index (χ3n) is 5.32. The Morgan fingerprint density at radius 3 is 1.88 bits per heavy atom. The van der Waals surface area contributed by atoms with E-state index >= 15 is 0 Å². The minimum atomic E-state index is 0. The molecule has 4 heteroatoms.